The van der Waals surface area contributed by atoms with E-state index in [1.165, 1.54) is 0 Å². The fraction of sp³-hybridized carbons (Fsp3) is 0. The molecular formula is C11H8N2S. The highest BCUT2D eigenvalue weighted by Gasteiger charge is 2.01. The normalized spacial score (nSPS) is 9.43. The molecule has 68 valence electrons. The Balaban J connectivity index is 2.39. The summed E-state index contributed by atoms with van der Waals surface area (Å²) in [6.07, 6.45) is 5.32. The number of aromatic nitrogens is 2. The van der Waals surface area contributed by atoms with Crippen molar-refractivity contribution < 1.29 is 0 Å². The fourth-order valence-corrected chi connectivity index (χ4v) is 1.88. The molecule has 0 saturated carbocycles. The molecule has 14 heavy (non-hydrogen) atoms. The van der Waals surface area contributed by atoms with Gasteiger partial charge in [0.25, 0.3) is 0 Å². The van der Waals surface area contributed by atoms with Crippen LogP contribution >= 0.6 is 11.3 Å². The van der Waals surface area contributed by atoms with E-state index in [0.717, 1.165) is 16.3 Å². The van der Waals surface area contributed by atoms with Crippen LogP contribution in [0.1, 0.15) is 4.88 Å². The van der Waals surface area contributed by atoms with Gasteiger partial charge in [0.05, 0.1) is 0 Å². The van der Waals surface area contributed by atoms with Gasteiger partial charge in [-0.3, -0.25) is 0 Å². The number of hydrogen-bond acceptors (Lipinski definition) is 3. The molecule has 0 fully saturated rings. The summed E-state index contributed by atoms with van der Waals surface area (Å²) < 4.78 is 0. The highest BCUT2D eigenvalue weighted by atomic mass is 32.1. The molecule has 2 aromatic heterocycles. The molecule has 0 radical (unpaired) electrons. The maximum Gasteiger partial charge on any atom is 0.159 e. The van der Waals surface area contributed by atoms with Crippen LogP contribution in [0.25, 0.3) is 17.5 Å². The molecule has 0 aliphatic carbocycles. The Hall–Kier alpha value is -1.70. The van der Waals surface area contributed by atoms with Gasteiger partial charge < -0.3 is 0 Å². The van der Waals surface area contributed by atoms with Gasteiger partial charge in [0.2, 0.25) is 0 Å². The van der Waals surface area contributed by atoms with Crippen molar-refractivity contribution in [2.24, 2.45) is 0 Å². The third kappa shape index (κ3) is 1.79. The Labute approximate surface area is 86.3 Å². The van der Waals surface area contributed by atoms with E-state index in [0.29, 0.717) is 0 Å². The third-order valence-corrected chi connectivity index (χ3v) is 2.57. The second kappa shape index (κ2) is 4.01. The van der Waals surface area contributed by atoms with Gasteiger partial charge in [-0.1, -0.05) is 6.58 Å². The molecule has 0 amide bonds. The number of hydrogen-bond donors (Lipinski definition) is 0. The van der Waals surface area contributed by atoms with Crippen LogP contribution in [0.4, 0.5) is 0 Å². The van der Waals surface area contributed by atoms with Crippen molar-refractivity contribution in [3.05, 3.63) is 47.1 Å². The van der Waals surface area contributed by atoms with Gasteiger partial charge in [0.1, 0.15) is 0 Å². The SMILES string of the molecule is C=C=Cc1cc(-c2ncccn2)cs1. The van der Waals surface area contributed by atoms with Gasteiger partial charge in [-0.15, -0.1) is 17.1 Å². The summed E-state index contributed by atoms with van der Waals surface area (Å²) in [5, 5.41) is 2.03. The minimum atomic E-state index is 0.757. The van der Waals surface area contributed by atoms with Crippen molar-refractivity contribution in [3.8, 4) is 11.4 Å². The summed E-state index contributed by atoms with van der Waals surface area (Å²) in [7, 11) is 0. The first-order valence-electron chi connectivity index (χ1n) is 4.12. The van der Waals surface area contributed by atoms with Crippen LogP contribution in [0.3, 0.4) is 0 Å². The van der Waals surface area contributed by atoms with E-state index in [2.05, 4.69) is 22.3 Å². The quantitative estimate of drug-likeness (QED) is 0.696. The summed E-state index contributed by atoms with van der Waals surface area (Å²) in [5.41, 5.74) is 3.78. The Kier molecular flexibility index (Phi) is 2.54. The van der Waals surface area contributed by atoms with E-state index in [1.807, 2.05) is 17.5 Å². The predicted molar refractivity (Wildman–Crippen MR) is 58.9 cm³/mol. The Morgan fingerprint density at radius 3 is 2.86 bits per heavy atom. The number of nitrogens with zero attached hydrogens (tertiary/aromatic N) is 2. The zero-order chi connectivity index (χ0) is 9.80. The van der Waals surface area contributed by atoms with E-state index < -0.39 is 0 Å². The van der Waals surface area contributed by atoms with Gasteiger partial charge in [-0.2, -0.15) is 0 Å². The van der Waals surface area contributed by atoms with Crippen molar-refractivity contribution in [2.75, 3.05) is 0 Å². The standard InChI is InChI=1S/C11H8N2S/c1-2-4-10-7-9(8-14-10)11-12-5-3-6-13-11/h3-8H,1H2. The summed E-state index contributed by atoms with van der Waals surface area (Å²) in [5.74, 6) is 0.757. The van der Waals surface area contributed by atoms with E-state index in [-0.39, 0.29) is 0 Å². The molecule has 2 aromatic rings. The summed E-state index contributed by atoms with van der Waals surface area (Å²) >= 11 is 1.63. The summed E-state index contributed by atoms with van der Waals surface area (Å²) in [6, 6.07) is 3.83. The van der Waals surface area contributed by atoms with Gasteiger partial charge in [-0.05, 0) is 18.2 Å². The number of thiophene rings is 1. The average molecular weight is 200 g/mol. The molecule has 0 aliphatic heterocycles. The lowest BCUT2D eigenvalue weighted by Gasteiger charge is -1.91. The van der Waals surface area contributed by atoms with Crippen LogP contribution in [0, 0.1) is 0 Å². The average Bonchev–Trinajstić information content (AvgIpc) is 2.68. The van der Waals surface area contributed by atoms with E-state index in [4.69, 9.17) is 0 Å². The predicted octanol–water partition coefficient (Wildman–Crippen LogP) is 3.00. The zero-order valence-electron chi connectivity index (χ0n) is 7.47. The molecule has 0 spiro atoms. The van der Waals surface area contributed by atoms with Crippen molar-refractivity contribution >= 4 is 17.4 Å². The first-order chi connectivity index (χ1) is 6.90. The van der Waals surface area contributed by atoms with E-state index in [9.17, 15) is 0 Å². The largest absolute Gasteiger partial charge is 0.237 e. The first-order valence-corrected chi connectivity index (χ1v) is 5.00. The maximum atomic E-state index is 4.17. The molecule has 0 N–H and O–H groups in total. The second-order valence-corrected chi connectivity index (χ2v) is 3.60. The topological polar surface area (TPSA) is 25.8 Å². The van der Waals surface area contributed by atoms with Crippen LogP contribution in [0.2, 0.25) is 0 Å². The highest BCUT2D eigenvalue weighted by Crippen LogP contribution is 2.22. The van der Waals surface area contributed by atoms with Crippen molar-refractivity contribution in [1.82, 2.24) is 9.97 Å². The summed E-state index contributed by atoms with van der Waals surface area (Å²) in [4.78, 5) is 9.45. The number of rotatable bonds is 2. The van der Waals surface area contributed by atoms with Crippen molar-refractivity contribution in [3.63, 3.8) is 0 Å². The van der Waals surface area contributed by atoms with Crippen molar-refractivity contribution in [1.29, 1.82) is 0 Å². The lowest BCUT2D eigenvalue weighted by atomic mass is 10.3. The van der Waals surface area contributed by atoms with Gasteiger partial charge in [0, 0.05) is 28.2 Å². The van der Waals surface area contributed by atoms with Crippen LogP contribution in [0.5, 0.6) is 0 Å². The molecule has 2 rings (SSSR count). The maximum absolute atomic E-state index is 4.17. The van der Waals surface area contributed by atoms with Gasteiger partial charge in [0.15, 0.2) is 5.82 Å². The first kappa shape index (κ1) is 8.88. The molecule has 0 bridgehead atoms. The fourth-order valence-electron chi connectivity index (χ4n) is 1.09. The zero-order valence-corrected chi connectivity index (χ0v) is 8.29. The van der Waals surface area contributed by atoms with E-state index >= 15 is 0 Å². The lowest BCUT2D eigenvalue weighted by Crippen LogP contribution is -1.83. The molecule has 0 saturated heterocycles. The van der Waals surface area contributed by atoms with Crippen LogP contribution < -0.4 is 0 Å². The van der Waals surface area contributed by atoms with Crippen LogP contribution in [-0.4, -0.2) is 9.97 Å². The summed E-state index contributed by atoms with van der Waals surface area (Å²) in [6.45, 7) is 3.53. The Morgan fingerprint density at radius 2 is 2.14 bits per heavy atom. The molecule has 0 aliphatic rings. The van der Waals surface area contributed by atoms with E-state index in [1.54, 1.807) is 29.8 Å². The van der Waals surface area contributed by atoms with Gasteiger partial charge in [-0.25, -0.2) is 9.97 Å². The lowest BCUT2D eigenvalue weighted by molar-refractivity contribution is 1.18. The molecule has 0 unspecified atom stereocenters. The third-order valence-electron chi connectivity index (χ3n) is 1.69. The molecule has 0 atom stereocenters. The second-order valence-electron chi connectivity index (χ2n) is 2.66. The van der Waals surface area contributed by atoms with Gasteiger partial charge >= 0.3 is 0 Å². The Bertz CT molecular complexity index is 467. The minimum absolute atomic E-state index is 0.757. The molecule has 2 nitrogen and oxygen atoms in total. The van der Waals surface area contributed by atoms with Crippen molar-refractivity contribution in [2.45, 2.75) is 0 Å². The smallest absolute Gasteiger partial charge is 0.159 e. The molecule has 3 heteroatoms. The van der Waals surface area contributed by atoms with Crippen LogP contribution in [0.15, 0.2) is 42.2 Å². The highest BCUT2D eigenvalue weighted by molar-refractivity contribution is 7.11. The molecule has 0 aromatic carbocycles. The monoisotopic (exact) mass is 200 g/mol. The molecule has 2 heterocycles. The van der Waals surface area contributed by atoms with Crippen LogP contribution in [-0.2, 0) is 0 Å². The Morgan fingerprint density at radius 1 is 1.36 bits per heavy atom. The minimum Gasteiger partial charge on any atom is -0.237 e. The molecular weight excluding hydrogens is 192 g/mol.